The summed E-state index contributed by atoms with van der Waals surface area (Å²) in [7, 11) is 0. The van der Waals surface area contributed by atoms with Crippen molar-refractivity contribution in [1.82, 2.24) is 4.57 Å². The topological polar surface area (TPSA) is 51.5 Å². The molecule has 0 bridgehead atoms. The number of anilines is 3. The molecule has 5 nitrogen and oxygen atoms in total. The zero-order valence-electron chi connectivity index (χ0n) is 34.9. The highest BCUT2D eigenvalue weighted by molar-refractivity contribution is 6.13. The predicted octanol–water partition coefficient (Wildman–Crippen LogP) is 15.0. The van der Waals surface area contributed by atoms with Gasteiger partial charge in [-0.1, -0.05) is 140 Å². The van der Waals surface area contributed by atoms with E-state index in [1.165, 1.54) is 0 Å². The van der Waals surface area contributed by atoms with E-state index in [1.807, 2.05) is 127 Å². The predicted molar refractivity (Wildman–Crippen MR) is 269 cm³/mol. The third-order valence-corrected chi connectivity index (χ3v) is 13.1. The molecule has 11 aromatic carbocycles. The Labute approximate surface area is 372 Å². The van der Waals surface area contributed by atoms with Crippen LogP contribution in [0.3, 0.4) is 0 Å². The summed E-state index contributed by atoms with van der Waals surface area (Å²) in [4.78, 5) is 31.8. The van der Waals surface area contributed by atoms with E-state index in [0.717, 1.165) is 89.1 Å². The second-order valence-electron chi connectivity index (χ2n) is 16.7. The van der Waals surface area contributed by atoms with Gasteiger partial charge in [-0.15, -0.1) is 0 Å². The van der Waals surface area contributed by atoms with Crippen molar-refractivity contribution in [2.75, 3.05) is 4.90 Å². The lowest BCUT2D eigenvalue weighted by molar-refractivity contribution is 0.477. The fraction of sp³-hybridized carbons (Fsp3) is 0. The number of rotatable bonds is 4. The van der Waals surface area contributed by atoms with Crippen molar-refractivity contribution in [3.8, 4) is 39.4 Å². The van der Waals surface area contributed by atoms with Gasteiger partial charge in [0, 0.05) is 43.4 Å². The first-order valence-electron chi connectivity index (χ1n) is 21.8. The molecule has 304 valence electrons. The smallest absolute Gasteiger partial charge is 0.194 e. The van der Waals surface area contributed by atoms with Crippen LogP contribution in [0.15, 0.2) is 228 Å². The van der Waals surface area contributed by atoms with Crippen LogP contribution in [0.25, 0.3) is 92.8 Å². The van der Waals surface area contributed by atoms with Crippen molar-refractivity contribution in [3.63, 3.8) is 0 Å². The normalized spacial score (nSPS) is 12.2. The molecule has 0 amide bonds. The van der Waals surface area contributed by atoms with Crippen molar-refractivity contribution < 1.29 is 4.74 Å². The Kier molecular flexibility index (Phi) is 8.14. The molecule has 12 aromatic rings. The van der Waals surface area contributed by atoms with Crippen LogP contribution < -0.4 is 20.5 Å². The van der Waals surface area contributed by atoms with E-state index in [4.69, 9.17) is 4.74 Å². The molecular weight excluding hydrogens is 797 g/mol. The molecule has 2 heterocycles. The van der Waals surface area contributed by atoms with E-state index in [1.54, 1.807) is 0 Å². The number of hydrogen-bond donors (Lipinski definition) is 0. The largest absolute Gasteiger partial charge is 0.453 e. The van der Waals surface area contributed by atoms with E-state index in [9.17, 15) is 9.59 Å². The van der Waals surface area contributed by atoms with E-state index >= 15 is 0 Å². The summed E-state index contributed by atoms with van der Waals surface area (Å²) in [6.45, 7) is 0. The van der Waals surface area contributed by atoms with Crippen molar-refractivity contribution in [1.29, 1.82) is 0 Å². The van der Waals surface area contributed by atoms with Gasteiger partial charge in [0.05, 0.1) is 28.1 Å². The Hall–Kier alpha value is -8.80. The Morgan fingerprint density at radius 2 is 0.846 bits per heavy atom. The maximum absolute atomic E-state index is 14.8. The Balaban J connectivity index is 0.990. The summed E-state index contributed by atoms with van der Waals surface area (Å²) in [5.41, 5.74) is 10.1. The molecule has 0 aliphatic carbocycles. The molecule has 0 fully saturated rings. The number of aromatic nitrogens is 1. The second kappa shape index (κ2) is 14.4. The second-order valence-corrected chi connectivity index (χ2v) is 16.7. The summed E-state index contributed by atoms with van der Waals surface area (Å²) in [6.07, 6.45) is 0. The van der Waals surface area contributed by atoms with Crippen LogP contribution in [-0.4, -0.2) is 4.57 Å². The van der Waals surface area contributed by atoms with Gasteiger partial charge in [0.25, 0.3) is 0 Å². The zero-order chi connectivity index (χ0) is 43.2. The van der Waals surface area contributed by atoms with Gasteiger partial charge in [0.1, 0.15) is 0 Å². The Bertz CT molecular complexity index is 4040. The van der Waals surface area contributed by atoms with Crippen LogP contribution >= 0.6 is 0 Å². The molecule has 0 radical (unpaired) electrons. The molecule has 1 aromatic heterocycles. The fourth-order valence-corrected chi connectivity index (χ4v) is 10.1. The maximum Gasteiger partial charge on any atom is 0.194 e. The molecule has 65 heavy (non-hydrogen) atoms. The van der Waals surface area contributed by atoms with Gasteiger partial charge in [0.15, 0.2) is 22.4 Å². The summed E-state index contributed by atoms with van der Waals surface area (Å²) in [5, 5.41) is 7.67. The first-order valence-corrected chi connectivity index (χ1v) is 21.8. The lowest BCUT2D eigenvalue weighted by Crippen LogP contribution is -2.16. The molecule has 0 saturated carbocycles. The van der Waals surface area contributed by atoms with E-state index < -0.39 is 0 Å². The highest BCUT2D eigenvalue weighted by Gasteiger charge is 2.27. The average molecular weight is 833 g/mol. The van der Waals surface area contributed by atoms with Gasteiger partial charge in [0.2, 0.25) is 0 Å². The van der Waals surface area contributed by atoms with Crippen molar-refractivity contribution in [2.45, 2.75) is 0 Å². The zero-order valence-corrected chi connectivity index (χ0v) is 34.9. The average Bonchev–Trinajstić information content (AvgIpc) is 3.52. The molecule has 1 aliphatic rings. The van der Waals surface area contributed by atoms with Gasteiger partial charge < -0.3 is 14.2 Å². The number of hydrogen-bond acceptors (Lipinski definition) is 4. The van der Waals surface area contributed by atoms with Gasteiger partial charge >= 0.3 is 0 Å². The lowest BCUT2D eigenvalue weighted by Gasteiger charge is -2.33. The van der Waals surface area contributed by atoms with Crippen LogP contribution in [0.1, 0.15) is 0 Å². The summed E-state index contributed by atoms with van der Waals surface area (Å²) in [6, 6.07) is 73.9. The molecule has 0 N–H and O–H groups in total. The number of nitrogens with zero attached hydrogens (tertiary/aromatic N) is 2. The van der Waals surface area contributed by atoms with Crippen LogP contribution in [0.2, 0.25) is 0 Å². The monoisotopic (exact) mass is 832 g/mol. The molecule has 0 saturated heterocycles. The molecule has 0 spiro atoms. The quantitative estimate of drug-likeness (QED) is 0.177. The van der Waals surface area contributed by atoms with Crippen LogP contribution in [0, 0.1) is 0 Å². The van der Waals surface area contributed by atoms with Crippen LogP contribution in [0.4, 0.5) is 17.1 Å². The third-order valence-electron chi connectivity index (χ3n) is 13.1. The standard InChI is InChI=1S/C60H36N2O3/c63-59-46-18-11-17-43(39-28-32-54-51(36-39)50-33-38(37-13-3-1-4-14-37)27-31-53(50)61(54)42-15-5-2-6-16-42)44(46)29-25-40-34-49-41(35-48(40)59)26-30-45-47(60(49)64)19-12-22-52(45)62-55-20-7-9-23-57(55)65-58-24-10-8-21-56(58)62/h1-36H. The van der Waals surface area contributed by atoms with Gasteiger partial charge in [-0.3, -0.25) is 9.59 Å². The summed E-state index contributed by atoms with van der Waals surface area (Å²) >= 11 is 0. The minimum Gasteiger partial charge on any atom is -0.453 e. The highest BCUT2D eigenvalue weighted by atomic mass is 16.5. The fourth-order valence-electron chi connectivity index (χ4n) is 10.1. The van der Waals surface area contributed by atoms with E-state index in [0.29, 0.717) is 32.3 Å². The van der Waals surface area contributed by atoms with Crippen molar-refractivity contribution in [3.05, 3.63) is 239 Å². The molecule has 1 aliphatic heterocycles. The van der Waals surface area contributed by atoms with Gasteiger partial charge in [-0.05, 0) is 117 Å². The first-order chi connectivity index (χ1) is 32.1. The molecular formula is C60H36N2O3. The minimum atomic E-state index is -0.0961. The highest BCUT2D eigenvalue weighted by Crippen LogP contribution is 2.51. The number of ether oxygens (including phenoxy) is 1. The Morgan fingerprint density at radius 1 is 0.323 bits per heavy atom. The number of benzene rings is 9. The van der Waals surface area contributed by atoms with Gasteiger partial charge in [-0.25, -0.2) is 0 Å². The van der Waals surface area contributed by atoms with Crippen molar-refractivity contribution >= 4 is 82.0 Å². The SMILES string of the molecule is O=c1c2cc3ccc4c(N5c6ccccc6Oc6ccccc65)cccc4c(=O)c3cc2ccc2c(-c3ccc4c(c3)c3cc(-c5ccccc5)ccc3n4-c3ccccc3)cccc12. The Morgan fingerprint density at radius 3 is 1.51 bits per heavy atom. The minimum absolute atomic E-state index is 0.0799. The first kappa shape index (κ1) is 36.8. The molecule has 0 atom stereocenters. The third kappa shape index (κ3) is 5.72. The lowest BCUT2D eigenvalue weighted by atomic mass is 9.97. The summed E-state index contributed by atoms with van der Waals surface area (Å²) in [5.74, 6) is 1.48. The number of fused-ring (bicyclic) bond motifs is 9. The van der Waals surface area contributed by atoms with Gasteiger partial charge in [-0.2, -0.15) is 0 Å². The van der Waals surface area contributed by atoms with Crippen molar-refractivity contribution in [2.24, 2.45) is 0 Å². The van der Waals surface area contributed by atoms with E-state index in [2.05, 4.69) is 100 Å². The van der Waals surface area contributed by atoms with Crippen LogP contribution in [0.5, 0.6) is 11.5 Å². The van der Waals surface area contributed by atoms with Crippen LogP contribution in [-0.2, 0) is 0 Å². The molecule has 0 unspecified atom stereocenters. The molecule has 13 rings (SSSR count). The van der Waals surface area contributed by atoms with E-state index in [-0.39, 0.29) is 10.9 Å². The maximum atomic E-state index is 14.8. The number of para-hydroxylation sites is 5. The molecule has 5 heteroatoms. The summed E-state index contributed by atoms with van der Waals surface area (Å²) < 4.78 is 8.63.